The van der Waals surface area contributed by atoms with E-state index in [9.17, 15) is 4.79 Å². The summed E-state index contributed by atoms with van der Waals surface area (Å²) < 4.78 is 0. The SMILES string of the molecule is CCC1CCCCN1c1nccc(C(=O)NCc2ccncc2)n1. The molecule has 2 aromatic heterocycles. The number of pyridine rings is 1. The number of nitrogens with zero attached hydrogens (tertiary/aromatic N) is 4. The van der Waals surface area contributed by atoms with Crippen LogP contribution in [0.5, 0.6) is 0 Å². The van der Waals surface area contributed by atoms with Gasteiger partial charge in [0.05, 0.1) is 0 Å². The topological polar surface area (TPSA) is 71.0 Å². The number of rotatable bonds is 5. The summed E-state index contributed by atoms with van der Waals surface area (Å²) >= 11 is 0. The molecule has 0 aliphatic carbocycles. The van der Waals surface area contributed by atoms with Crippen molar-refractivity contribution in [2.75, 3.05) is 11.4 Å². The predicted octanol–water partition coefficient (Wildman–Crippen LogP) is 2.57. The average molecular weight is 325 g/mol. The average Bonchev–Trinajstić information content (AvgIpc) is 2.67. The summed E-state index contributed by atoms with van der Waals surface area (Å²) in [6.45, 7) is 3.61. The number of nitrogens with one attached hydrogen (secondary N) is 1. The van der Waals surface area contributed by atoms with E-state index in [4.69, 9.17) is 0 Å². The second-order valence-corrected chi connectivity index (χ2v) is 6.03. The van der Waals surface area contributed by atoms with Gasteiger partial charge in [-0.1, -0.05) is 6.92 Å². The zero-order valence-corrected chi connectivity index (χ0v) is 14.0. The maximum absolute atomic E-state index is 12.4. The molecule has 6 heteroatoms. The van der Waals surface area contributed by atoms with Crippen LogP contribution in [0.15, 0.2) is 36.8 Å². The number of piperidine rings is 1. The number of amides is 1. The molecule has 0 saturated carbocycles. The van der Waals surface area contributed by atoms with Gasteiger partial charge in [-0.05, 0) is 49.4 Å². The molecule has 0 spiro atoms. The third kappa shape index (κ3) is 3.88. The van der Waals surface area contributed by atoms with Gasteiger partial charge in [-0.3, -0.25) is 9.78 Å². The van der Waals surface area contributed by atoms with E-state index in [0.29, 0.717) is 24.2 Å². The molecule has 1 amide bonds. The molecule has 1 atom stereocenters. The number of carbonyl (C=O) groups excluding carboxylic acids is 1. The van der Waals surface area contributed by atoms with E-state index < -0.39 is 0 Å². The minimum Gasteiger partial charge on any atom is -0.347 e. The van der Waals surface area contributed by atoms with Gasteiger partial charge < -0.3 is 10.2 Å². The number of anilines is 1. The van der Waals surface area contributed by atoms with Gasteiger partial charge in [0.1, 0.15) is 5.69 Å². The number of hydrogen-bond donors (Lipinski definition) is 1. The molecule has 1 N–H and O–H groups in total. The van der Waals surface area contributed by atoms with E-state index in [1.807, 2.05) is 12.1 Å². The Balaban J connectivity index is 1.69. The predicted molar refractivity (Wildman–Crippen MR) is 92.7 cm³/mol. The van der Waals surface area contributed by atoms with Gasteiger partial charge >= 0.3 is 0 Å². The van der Waals surface area contributed by atoms with Gasteiger partial charge in [0.2, 0.25) is 5.95 Å². The maximum Gasteiger partial charge on any atom is 0.270 e. The highest BCUT2D eigenvalue weighted by atomic mass is 16.1. The molecule has 1 aliphatic heterocycles. The normalized spacial score (nSPS) is 17.5. The van der Waals surface area contributed by atoms with Crippen LogP contribution in [0.3, 0.4) is 0 Å². The van der Waals surface area contributed by atoms with E-state index in [2.05, 4.69) is 32.1 Å². The zero-order valence-electron chi connectivity index (χ0n) is 14.0. The highest BCUT2D eigenvalue weighted by Gasteiger charge is 2.23. The first kappa shape index (κ1) is 16.4. The Hall–Kier alpha value is -2.50. The monoisotopic (exact) mass is 325 g/mol. The van der Waals surface area contributed by atoms with Crippen molar-refractivity contribution in [3.8, 4) is 0 Å². The van der Waals surface area contributed by atoms with Crippen molar-refractivity contribution in [2.24, 2.45) is 0 Å². The van der Waals surface area contributed by atoms with Crippen LogP contribution in [0.25, 0.3) is 0 Å². The molecule has 24 heavy (non-hydrogen) atoms. The van der Waals surface area contributed by atoms with Gasteiger partial charge in [-0.25, -0.2) is 9.97 Å². The summed E-state index contributed by atoms with van der Waals surface area (Å²) in [6.07, 6.45) is 9.74. The second-order valence-electron chi connectivity index (χ2n) is 6.03. The Morgan fingerprint density at radius 2 is 2.08 bits per heavy atom. The number of aromatic nitrogens is 3. The van der Waals surface area contributed by atoms with E-state index in [0.717, 1.165) is 24.9 Å². The molecule has 2 aromatic rings. The fraction of sp³-hybridized carbons (Fsp3) is 0.444. The number of hydrogen-bond acceptors (Lipinski definition) is 5. The van der Waals surface area contributed by atoms with Crippen molar-refractivity contribution < 1.29 is 4.79 Å². The van der Waals surface area contributed by atoms with Crippen LogP contribution < -0.4 is 10.2 Å². The Kier molecular flexibility index (Phi) is 5.36. The molecule has 1 unspecified atom stereocenters. The third-order valence-corrected chi connectivity index (χ3v) is 4.43. The second kappa shape index (κ2) is 7.86. The molecule has 3 heterocycles. The van der Waals surface area contributed by atoms with Crippen LogP contribution in [0, 0.1) is 0 Å². The van der Waals surface area contributed by atoms with E-state index in [1.54, 1.807) is 24.7 Å². The first-order valence-corrected chi connectivity index (χ1v) is 8.54. The lowest BCUT2D eigenvalue weighted by Gasteiger charge is -2.35. The quantitative estimate of drug-likeness (QED) is 0.915. The lowest BCUT2D eigenvalue weighted by molar-refractivity contribution is 0.0945. The highest BCUT2D eigenvalue weighted by Crippen LogP contribution is 2.23. The molecular formula is C18H23N5O. The lowest BCUT2D eigenvalue weighted by Crippen LogP contribution is -2.40. The Bertz CT molecular complexity index is 676. The van der Waals surface area contributed by atoms with Crippen molar-refractivity contribution in [3.05, 3.63) is 48.0 Å². The minimum atomic E-state index is -0.180. The molecule has 0 aromatic carbocycles. The van der Waals surface area contributed by atoms with E-state index in [1.165, 1.54) is 12.8 Å². The lowest BCUT2D eigenvalue weighted by atomic mass is 10.0. The Morgan fingerprint density at radius 1 is 1.25 bits per heavy atom. The molecule has 126 valence electrons. The van der Waals surface area contributed by atoms with Gasteiger partial charge in [-0.15, -0.1) is 0 Å². The first-order valence-electron chi connectivity index (χ1n) is 8.54. The summed E-state index contributed by atoms with van der Waals surface area (Å²) in [5.74, 6) is 0.485. The molecule has 1 aliphatic rings. The van der Waals surface area contributed by atoms with Crippen molar-refractivity contribution in [1.29, 1.82) is 0 Å². The first-order chi connectivity index (χ1) is 11.8. The molecule has 3 rings (SSSR count). The molecular weight excluding hydrogens is 302 g/mol. The van der Waals surface area contributed by atoms with Crippen LogP contribution in [0.2, 0.25) is 0 Å². The summed E-state index contributed by atoms with van der Waals surface area (Å²) in [6, 6.07) is 5.89. The van der Waals surface area contributed by atoms with Gasteiger partial charge in [0, 0.05) is 37.7 Å². The van der Waals surface area contributed by atoms with Crippen LogP contribution in [-0.4, -0.2) is 33.4 Å². The summed E-state index contributed by atoms with van der Waals surface area (Å²) in [4.78, 5) is 27.5. The van der Waals surface area contributed by atoms with Crippen molar-refractivity contribution in [1.82, 2.24) is 20.3 Å². The molecule has 1 fully saturated rings. The highest BCUT2D eigenvalue weighted by molar-refractivity contribution is 5.92. The van der Waals surface area contributed by atoms with Crippen LogP contribution >= 0.6 is 0 Å². The van der Waals surface area contributed by atoms with Crippen LogP contribution in [0.1, 0.15) is 48.7 Å². The van der Waals surface area contributed by atoms with Crippen molar-refractivity contribution in [2.45, 2.75) is 45.2 Å². The largest absolute Gasteiger partial charge is 0.347 e. The van der Waals surface area contributed by atoms with Crippen LogP contribution in [0.4, 0.5) is 5.95 Å². The van der Waals surface area contributed by atoms with Crippen LogP contribution in [-0.2, 0) is 6.54 Å². The molecule has 0 radical (unpaired) electrons. The fourth-order valence-corrected chi connectivity index (χ4v) is 3.08. The van der Waals surface area contributed by atoms with Gasteiger partial charge in [-0.2, -0.15) is 0 Å². The molecule has 0 bridgehead atoms. The maximum atomic E-state index is 12.4. The minimum absolute atomic E-state index is 0.180. The van der Waals surface area contributed by atoms with E-state index >= 15 is 0 Å². The number of carbonyl (C=O) groups is 1. The zero-order chi connectivity index (χ0) is 16.8. The molecule has 1 saturated heterocycles. The summed E-state index contributed by atoms with van der Waals surface area (Å²) in [5, 5.41) is 2.90. The van der Waals surface area contributed by atoms with Crippen molar-refractivity contribution in [3.63, 3.8) is 0 Å². The van der Waals surface area contributed by atoms with Gasteiger partial charge in [0.25, 0.3) is 5.91 Å². The van der Waals surface area contributed by atoms with Crippen molar-refractivity contribution >= 4 is 11.9 Å². The standard InChI is InChI=1S/C18H23N5O/c1-2-15-5-3-4-12-23(15)18-20-11-8-16(22-18)17(24)21-13-14-6-9-19-10-7-14/h6-11,15H,2-5,12-13H2,1H3,(H,21,24). The Morgan fingerprint density at radius 3 is 2.88 bits per heavy atom. The fourth-order valence-electron chi connectivity index (χ4n) is 3.08. The smallest absolute Gasteiger partial charge is 0.270 e. The molecule has 6 nitrogen and oxygen atoms in total. The summed E-state index contributed by atoms with van der Waals surface area (Å²) in [5.41, 5.74) is 1.42. The third-order valence-electron chi connectivity index (χ3n) is 4.43. The van der Waals surface area contributed by atoms with Gasteiger partial charge in [0.15, 0.2) is 0 Å². The van der Waals surface area contributed by atoms with E-state index in [-0.39, 0.29) is 5.91 Å². The Labute approximate surface area is 142 Å². The summed E-state index contributed by atoms with van der Waals surface area (Å²) in [7, 11) is 0.